The lowest BCUT2D eigenvalue weighted by Gasteiger charge is -2.20. The molecule has 1 aliphatic carbocycles. The summed E-state index contributed by atoms with van der Waals surface area (Å²) in [5.41, 5.74) is 3.79. The highest BCUT2D eigenvalue weighted by Crippen LogP contribution is 2.26. The van der Waals surface area contributed by atoms with Crippen LogP contribution in [0.4, 0.5) is 4.39 Å². The number of nitrogens with one attached hydrogen (secondary N) is 1. The predicted molar refractivity (Wildman–Crippen MR) is 82.1 cm³/mol. The first-order valence-electron chi connectivity index (χ1n) is 7.33. The summed E-state index contributed by atoms with van der Waals surface area (Å²) in [6.07, 6.45) is 2.08. The van der Waals surface area contributed by atoms with E-state index in [9.17, 15) is 4.39 Å². The Morgan fingerprint density at radius 3 is 2.38 bits per heavy atom. The first-order chi connectivity index (χ1) is 10.2. The molecule has 3 rings (SSSR count). The molecule has 0 aliphatic heterocycles. The summed E-state index contributed by atoms with van der Waals surface area (Å²) < 4.78 is 18.7. The maximum Gasteiger partial charge on any atom is 0.165 e. The maximum atomic E-state index is 13.8. The van der Waals surface area contributed by atoms with Crippen LogP contribution in [0.3, 0.4) is 0 Å². The van der Waals surface area contributed by atoms with E-state index in [-0.39, 0.29) is 11.9 Å². The molecule has 2 nitrogen and oxygen atoms in total. The highest BCUT2D eigenvalue weighted by atomic mass is 19.1. The second-order valence-corrected chi connectivity index (χ2v) is 5.66. The molecule has 0 saturated carbocycles. The Kier molecular flexibility index (Phi) is 3.93. The van der Waals surface area contributed by atoms with E-state index in [1.807, 2.05) is 6.07 Å². The van der Waals surface area contributed by atoms with Crippen LogP contribution in [-0.4, -0.2) is 13.2 Å². The van der Waals surface area contributed by atoms with Gasteiger partial charge in [-0.05, 0) is 48.6 Å². The lowest BCUT2D eigenvalue weighted by molar-refractivity contribution is 0.385. The van der Waals surface area contributed by atoms with Gasteiger partial charge >= 0.3 is 0 Å². The Labute approximate surface area is 125 Å². The molecule has 1 aliphatic rings. The van der Waals surface area contributed by atoms with Crippen LogP contribution in [0.2, 0.25) is 0 Å². The number of halogens is 1. The van der Waals surface area contributed by atoms with E-state index in [2.05, 4.69) is 36.5 Å². The van der Waals surface area contributed by atoms with Gasteiger partial charge in [0.15, 0.2) is 11.6 Å². The topological polar surface area (TPSA) is 21.3 Å². The van der Waals surface area contributed by atoms with Crippen LogP contribution >= 0.6 is 0 Å². The van der Waals surface area contributed by atoms with Crippen molar-refractivity contribution in [3.05, 3.63) is 65.0 Å². The van der Waals surface area contributed by atoms with Gasteiger partial charge in [-0.3, -0.25) is 0 Å². The number of ether oxygens (including phenoxy) is 1. The van der Waals surface area contributed by atoms with Crippen molar-refractivity contribution in [3.63, 3.8) is 0 Å². The third-order valence-corrected chi connectivity index (χ3v) is 4.21. The molecule has 0 spiro atoms. The van der Waals surface area contributed by atoms with Gasteiger partial charge < -0.3 is 10.1 Å². The number of rotatable bonds is 4. The van der Waals surface area contributed by atoms with E-state index in [1.165, 1.54) is 18.2 Å². The summed E-state index contributed by atoms with van der Waals surface area (Å²) in [5.74, 6) is -0.0161. The average molecular weight is 285 g/mol. The van der Waals surface area contributed by atoms with Crippen LogP contribution in [-0.2, 0) is 12.8 Å². The molecule has 2 aromatic rings. The fraction of sp³-hybridized carbons (Fsp3) is 0.333. The molecule has 0 heterocycles. The van der Waals surface area contributed by atoms with Crippen LogP contribution in [0.25, 0.3) is 0 Å². The SMILES string of the molecule is COc1ccc(C(C)NC2Cc3ccccc3C2)cc1F. The summed E-state index contributed by atoms with van der Waals surface area (Å²) in [6.45, 7) is 2.07. The molecule has 0 bridgehead atoms. The summed E-state index contributed by atoms with van der Waals surface area (Å²) in [7, 11) is 1.48. The number of methoxy groups -OCH3 is 1. The van der Waals surface area contributed by atoms with E-state index in [0.29, 0.717) is 11.8 Å². The summed E-state index contributed by atoms with van der Waals surface area (Å²) in [4.78, 5) is 0. The van der Waals surface area contributed by atoms with Crippen LogP contribution in [0.1, 0.15) is 29.7 Å². The second kappa shape index (κ2) is 5.86. The first kappa shape index (κ1) is 14.1. The quantitative estimate of drug-likeness (QED) is 0.926. The van der Waals surface area contributed by atoms with Gasteiger partial charge in [0.1, 0.15) is 0 Å². The van der Waals surface area contributed by atoms with Gasteiger partial charge in [0, 0.05) is 12.1 Å². The molecule has 1 N–H and O–H groups in total. The van der Waals surface area contributed by atoms with E-state index in [4.69, 9.17) is 4.74 Å². The minimum Gasteiger partial charge on any atom is -0.494 e. The van der Waals surface area contributed by atoms with Crippen molar-refractivity contribution in [2.75, 3.05) is 7.11 Å². The molecular weight excluding hydrogens is 265 g/mol. The Hall–Kier alpha value is -1.87. The van der Waals surface area contributed by atoms with Gasteiger partial charge in [0.2, 0.25) is 0 Å². The van der Waals surface area contributed by atoms with Crippen molar-refractivity contribution < 1.29 is 9.13 Å². The summed E-state index contributed by atoms with van der Waals surface area (Å²) >= 11 is 0. The number of fused-ring (bicyclic) bond motifs is 1. The standard InChI is InChI=1S/C18H20FNO/c1-12(13-7-8-18(21-2)17(19)11-13)20-16-9-14-5-3-4-6-15(14)10-16/h3-8,11-12,16,20H,9-10H2,1-2H3. The number of hydrogen-bond donors (Lipinski definition) is 1. The van der Waals surface area contributed by atoms with Gasteiger partial charge in [-0.25, -0.2) is 4.39 Å². The van der Waals surface area contributed by atoms with Crippen LogP contribution < -0.4 is 10.1 Å². The van der Waals surface area contributed by atoms with Crippen LogP contribution in [0.15, 0.2) is 42.5 Å². The fourth-order valence-corrected chi connectivity index (χ4v) is 3.08. The zero-order valence-electron chi connectivity index (χ0n) is 12.4. The molecular formula is C18H20FNO. The fourth-order valence-electron chi connectivity index (χ4n) is 3.08. The molecule has 0 aromatic heterocycles. The minimum absolute atomic E-state index is 0.115. The van der Waals surface area contributed by atoms with Crippen molar-refractivity contribution in [3.8, 4) is 5.75 Å². The molecule has 0 saturated heterocycles. The predicted octanol–water partition coefficient (Wildman–Crippen LogP) is 3.65. The van der Waals surface area contributed by atoms with Gasteiger partial charge in [-0.1, -0.05) is 30.3 Å². The maximum absolute atomic E-state index is 13.8. The minimum atomic E-state index is -0.307. The van der Waals surface area contributed by atoms with E-state index in [0.717, 1.165) is 18.4 Å². The zero-order valence-corrected chi connectivity index (χ0v) is 12.4. The van der Waals surface area contributed by atoms with Crippen LogP contribution in [0.5, 0.6) is 5.75 Å². The molecule has 21 heavy (non-hydrogen) atoms. The Balaban J connectivity index is 1.68. The van der Waals surface area contributed by atoms with Crippen molar-refractivity contribution in [1.29, 1.82) is 0 Å². The van der Waals surface area contributed by atoms with Gasteiger partial charge in [0.05, 0.1) is 7.11 Å². The number of hydrogen-bond acceptors (Lipinski definition) is 2. The van der Waals surface area contributed by atoms with Gasteiger partial charge in [-0.15, -0.1) is 0 Å². The summed E-state index contributed by atoms with van der Waals surface area (Å²) in [6, 6.07) is 14.2. The molecule has 110 valence electrons. The van der Waals surface area contributed by atoms with E-state index < -0.39 is 0 Å². The van der Waals surface area contributed by atoms with E-state index >= 15 is 0 Å². The highest BCUT2D eigenvalue weighted by Gasteiger charge is 2.22. The monoisotopic (exact) mass is 285 g/mol. The molecule has 1 unspecified atom stereocenters. The van der Waals surface area contributed by atoms with E-state index in [1.54, 1.807) is 12.1 Å². The first-order valence-corrected chi connectivity index (χ1v) is 7.33. The summed E-state index contributed by atoms with van der Waals surface area (Å²) in [5, 5.41) is 3.60. The Bertz CT molecular complexity index is 616. The zero-order chi connectivity index (χ0) is 14.8. The van der Waals surface area contributed by atoms with Crippen molar-refractivity contribution in [2.45, 2.75) is 31.8 Å². The van der Waals surface area contributed by atoms with Crippen molar-refractivity contribution in [2.24, 2.45) is 0 Å². The second-order valence-electron chi connectivity index (χ2n) is 5.66. The Morgan fingerprint density at radius 2 is 1.81 bits per heavy atom. The number of benzene rings is 2. The average Bonchev–Trinajstić information content (AvgIpc) is 2.89. The largest absolute Gasteiger partial charge is 0.494 e. The molecule has 1 atom stereocenters. The smallest absolute Gasteiger partial charge is 0.165 e. The molecule has 3 heteroatoms. The van der Waals surface area contributed by atoms with Crippen LogP contribution in [0, 0.1) is 5.82 Å². The third kappa shape index (κ3) is 2.93. The highest BCUT2D eigenvalue weighted by molar-refractivity contribution is 5.34. The van der Waals surface area contributed by atoms with Gasteiger partial charge in [-0.2, -0.15) is 0 Å². The van der Waals surface area contributed by atoms with Crippen molar-refractivity contribution in [1.82, 2.24) is 5.32 Å². The lowest BCUT2D eigenvalue weighted by atomic mass is 10.1. The lowest BCUT2D eigenvalue weighted by Crippen LogP contribution is -2.32. The molecule has 0 amide bonds. The van der Waals surface area contributed by atoms with Crippen molar-refractivity contribution >= 4 is 0 Å². The molecule has 0 fully saturated rings. The molecule has 0 radical (unpaired) electrons. The van der Waals surface area contributed by atoms with Gasteiger partial charge in [0.25, 0.3) is 0 Å². The molecule has 2 aromatic carbocycles. The third-order valence-electron chi connectivity index (χ3n) is 4.21. The Morgan fingerprint density at radius 1 is 1.14 bits per heavy atom. The normalized spacial score (nSPS) is 15.8.